The molecule has 0 amide bonds. The lowest BCUT2D eigenvalue weighted by Gasteiger charge is -2.20. The zero-order valence-corrected chi connectivity index (χ0v) is 11.5. The summed E-state index contributed by atoms with van der Waals surface area (Å²) in [5, 5.41) is 3.88. The molecule has 100 valence electrons. The van der Waals surface area contributed by atoms with E-state index >= 15 is 0 Å². The maximum absolute atomic E-state index is 11.3. The van der Waals surface area contributed by atoms with E-state index < -0.39 is 15.6 Å². The van der Waals surface area contributed by atoms with E-state index in [1.54, 1.807) is 13.8 Å². The summed E-state index contributed by atoms with van der Waals surface area (Å²) in [6.07, 6.45) is 7.04. The molecule has 1 aliphatic rings. The minimum Gasteiger partial charge on any atom is -0.339 e. The van der Waals surface area contributed by atoms with Crippen molar-refractivity contribution < 1.29 is 12.9 Å². The fourth-order valence-corrected chi connectivity index (χ4v) is 3.00. The molecule has 1 aliphatic carbocycles. The van der Waals surface area contributed by atoms with Gasteiger partial charge in [0.1, 0.15) is 0 Å². The Balaban J connectivity index is 2.18. The molecular formula is C11H17N3O3S. The molecule has 0 saturated carbocycles. The van der Waals surface area contributed by atoms with Crippen LogP contribution in [-0.4, -0.2) is 24.8 Å². The van der Waals surface area contributed by atoms with Crippen molar-refractivity contribution in [3.05, 3.63) is 23.9 Å². The number of aromatic nitrogens is 2. The molecule has 0 atom stereocenters. The summed E-state index contributed by atoms with van der Waals surface area (Å²) >= 11 is 0. The van der Waals surface area contributed by atoms with Gasteiger partial charge in [-0.25, -0.2) is 13.1 Å². The van der Waals surface area contributed by atoms with Crippen LogP contribution < -0.4 is 4.72 Å². The quantitative estimate of drug-likeness (QED) is 0.834. The maximum atomic E-state index is 11.3. The smallest absolute Gasteiger partial charge is 0.230 e. The number of hydrogen-bond acceptors (Lipinski definition) is 5. The van der Waals surface area contributed by atoms with Gasteiger partial charge in [0, 0.05) is 5.92 Å². The third-order valence-corrected chi connectivity index (χ3v) is 3.68. The van der Waals surface area contributed by atoms with Crippen LogP contribution in [0.25, 0.3) is 0 Å². The summed E-state index contributed by atoms with van der Waals surface area (Å²) in [7, 11) is -3.32. The number of allylic oxidation sites excluding steroid dienone is 2. The van der Waals surface area contributed by atoms with E-state index in [2.05, 4.69) is 27.0 Å². The third kappa shape index (κ3) is 2.97. The lowest BCUT2D eigenvalue weighted by atomic mass is 10.1. The Morgan fingerprint density at radius 1 is 1.39 bits per heavy atom. The minimum absolute atomic E-state index is 0.222. The van der Waals surface area contributed by atoms with Gasteiger partial charge in [0.15, 0.2) is 5.82 Å². The van der Waals surface area contributed by atoms with E-state index in [9.17, 15) is 8.42 Å². The van der Waals surface area contributed by atoms with Crippen LogP contribution in [-0.2, 0) is 15.6 Å². The van der Waals surface area contributed by atoms with Crippen LogP contribution in [0, 0.1) is 0 Å². The Bertz CT molecular complexity index is 552. The first-order chi connectivity index (χ1) is 8.28. The van der Waals surface area contributed by atoms with Gasteiger partial charge in [0.05, 0.1) is 11.8 Å². The average Bonchev–Trinajstić information content (AvgIpc) is 2.85. The lowest BCUT2D eigenvalue weighted by molar-refractivity contribution is 0.339. The lowest BCUT2D eigenvalue weighted by Crippen LogP contribution is -2.41. The normalized spacial score (nSPS) is 17.5. The molecular weight excluding hydrogens is 254 g/mol. The second-order valence-electron chi connectivity index (χ2n) is 5.10. The first-order valence-corrected chi connectivity index (χ1v) is 7.65. The summed E-state index contributed by atoms with van der Waals surface area (Å²) in [6, 6.07) is 0. The zero-order chi connectivity index (χ0) is 13.4. The van der Waals surface area contributed by atoms with Crippen molar-refractivity contribution in [3.8, 4) is 0 Å². The van der Waals surface area contributed by atoms with Crippen molar-refractivity contribution in [1.82, 2.24) is 14.9 Å². The molecule has 1 aromatic rings. The molecule has 7 heteroatoms. The summed E-state index contributed by atoms with van der Waals surface area (Å²) in [4.78, 5) is 4.30. The Morgan fingerprint density at radius 2 is 2.00 bits per heavy atom. The largest absolute Gasteiger partial charge is 0.339 e. The van der Waals surface area contributed by atoms with Gasteiger partial charge in [-0.1, -0.05) is 17.3 Å². The van der Waals surface area contributed by atoms with Crippen LogP contribution in [0.15, 0.2) is 16.7 Å². The number of nitrogens with one attached hydrogen (secondary N) is 1. The number of hydrogen-bond donors (Lipinski definition) is 1. The van der Waals surface area contributed by atoms with Gasteiger partial charge < -0.3 is 4.52 Å². The van der Waals surface area contributed by atoms with Gasteiger partial charge in [0.2, 0.25) is 15.9 Å². The summed E-state index contributed by atoms with van der Waals surface area (Å²) in [5.74, 6) is 1.15. The summed E-state index contributed by atoms with van der Waals surface area (Å²) in [5.41, 5.74) is -0.874. The van der Waals surface area contributed by atoms with E-state index in [1.165, 1.54) is 0 Å². The Hall–Kier alpha value is -1.21. The van der Waals surface area contributed by atoms with E-state index in [-0.39, 0.29) is 5.92 Å². The van der Waals surface area contributed by atoms with Crippen molar-refractivity contribution in [1.29, 1.82) is 0 Å². The third-order valence-electron chi connectivity index (χ3n) is 2.80. The molecule has 0 radical (unpaired) electrons. The van der Waals surface area contributed by atoms with Crippen molar-refractivity contribution in [2.75, 3.05) is 6.26 Å². The van der Waals surface area contributed by atoms with Gasteiger partial charge in [-0.3, -0.25) is 0 Å². The standard InChI is InChI=1S/C11H17N3O3S/c1-11(2,14-18(3,15)16)10-12-9(17-13-10)8-6-4-5-7-8/h4-5,8,14H,6-7H2,1-3H3. The maximum Gasteiger partial charge on any atom is 0.230 e. The van der Waals surface area contributed by atoms with Crippen LogP contribution in [0.1, 0.15) is 44.3 Å². The second-order valence-corrected chi connectivity index (χ2v) is 6.84. The number of nitrogens with zero attached hydrogens (tertiary/aromatic N) is 2. The highest BCUT2D eigenvalue weighted by Crippen LogP contribution is 2.29. The van der Waals surface area contributed by atoms with Gasteiger partial charge in [-0.05, 0) is 26.7 Å². The predicted octanol–water partition coefficient (Wildman–Crippen LogP) is 1.29. The van der Waals surface area contributed by atoms with Crippen molar-refractivity contribution in [2.24, 2.45) is 0 Å². The molecule has 6 nitrogen and oxygen atoms in total. The first kappa shape index (κ1) is 13.2. The van der Waals surface area contributed by atoms with E-state index in [1.807, 2.05) is 0 Å². The Labute approximate surface area is 107 Å². The van der Waals surface area contributed by atoms with E-state index in [0.717, 1.165) is 19.1 Å². The molecule has 0 aliphatic heterocycles. The fourth-order valence-electron chi connectivity index (χ4n) is 1.98. The van der Waals surface area contributed by atoms with Crippen molar-refractivity contribution in [3.63, 3.8) is 0 Å². The number of rotatable bonds is 4. The SMILES string of the molecule is CC(C)(NS(C)(=O)=O)c1noc(C2CC=CC2)n1. The molecule has 0 spiro atoms. The van der Waals surface area contributed by atoms with E-state index in [0.29, 0.717) is 11.7 Å². The van der Waals surface area contributed by atoms with Crippen LogP contribution in [0.2, 0.25) is 0 Å². The van der Waals surface area contributed by atoms with Crippen LogP contribution in [0.5, 0.6) is 0 Å². The molecule has 0 fully saturated rings. The van der Waals surface area contributed by atoms with Gasteiger partial charge in [0.25, 0.3) is 0 Å². The summed E-state index contributed by atoms with van der Waals surface area (Å²) in [6.45, 7) is 3.41. The molecule has 0 aromatic carbocycles. The summed E-state index contributed by atoms with van der Waals surface area (Å²) < 4.78 is 30.3. The van der Waals surface area contributed by atoms with Gasteiger partial charge in [-0.15, -0.1) is 0 Å². The first-order valence-electron chi connectivity index (χ1n) is 5.76. The van der Waals surface area contributed by atoms with Crippen molar-refractivity contribution in [2.45, 2.75) is 38.1 Å². The second kappa shape index (κ2) is 4.47. The highest BCUT2D eigenvalue weighted by atomic mass is 32.2. The Kier molecular flexibility index (Phi) is 3.29. The molecule has 0 bridgehead atoms. The van der Waals surface area contributed by atoms with Gasteiger partial charge >= 0.3 is 0 Å². The molecule has 2 rings (SSSR count). The van der Waals surface area contributed by atoms with Crippen LogP contribution in [0.3, 0.4) is 0 Å². The van der Waals surface area contributed by atoms with Crippen LogP contribution in [0.4, 0.5) is 0 Å². The number of sulfonamides is 1. The highest BCUT2D eigenvalue weighted by Gasteiger charge is 2.31. The molecule has 1 N–H and O–H groups in total. The monoisotopic (exact) mass is 271 g/mol. The topological polar surface area (TPSA) is 85.1 Å². The highest BCUT2D eigenvalue weighted by molar-refractivity contribution is 7.88. The molecule has 1 aromatic heterocycles. The molecule has 18 heavy (non-hydrogen) atoms. The molecule has 1 heterocycles. The average molecular weight is 271 g/mol. The fraction of sp³-hybridized carbons (Fsp3) is 0.636. The Morgan fingerprint density at radius 3 is 2.56 bits per heavy atom. The molecule has 0 unspecified atom stereocenters. The minimum atomic E-state index is -3.32. The molecule has 0 saturated heterocycles. The van der Waals surface area contributed by atoms with Crippen molar-refractivity contribution >= 4 is 10.0 Å². The predicted molar refractivity (Wildman–Crippen MR) is 66.4 cm³/mol. The zero-order valence-electron chi connectivity index (χ0n) is 10.7. The van der Waals surface area contributed by atoms with Crippen LogP contribution >= 0.6 is 0 Å². The van der Waals surface area contributed by atoms with Gasteiger partial charge in [-0.2, -0.15) is 4.98 Å². The van der Waals surface area contributed by atoms with E-state index in [4.69, 9.17) is 4.52 Å².